The lowest BCUT2D eigenvalue weighted by Gasteiger charge is -2.13. The van der Waals surface area contributed by atoms with Gasteiger partial charge in [0.05, 0.1) is 19.1 Å². The van der Waals surface area contributed by atoms with Gasteiger partial charge in [-0.15, -0.1) is 0 Å². The summed E-state index contributed by atoms with van der Waals surface area (Å²) in [5, 5.41) is 0.685. The van der Waals surface area contributed by atoms with Gasteiger partial charge in [-0.2, -0.15) is 0 Å². The Morgan fingerprint density at radius 2 is 1.70 bits per heavy atom. The fraction of sp³-hybridized carbons (Fsp3) is 0.261. The van der Waals surface area contributed by atoms with E-state index >= 15 is 0 Å². The third kappa shape index (κ3) is 4.68. The van der Waals surface area contributed by atoms with Crippen LogP contribution in [0.1, 0.15) is 22.3 Å². The molecular weight excluding hydrogens is 388 g/mol. The zero-order valence-electron chi connectivity index (χ0n) is 17.0. The molecule has 7 nitrogen and oxygen atoms in total. The number of carbonyl (C=O) groups excluding carboxylic acids is 2. The quantitative estimate of drug-likeness (QED) is 0.436. The molecule has 0 atom stereocenters. The van der Waals surface area contributed by atoms with Crippen LogP contribution < -0.4 is 10.4 Å². The van der Waals surface area contributed by atoms with Gasteiger partial charge in [0.1, 0.15) is 17.9 Å². The predicted molar refractivity (Wildman–Crippen MR) is 109 cm³/mol. The van der Waals surface area contributed by atoms with Gasteiger partial charge < -0.3 is 18.6 Å². The third-order valence-electron chi connectivity index (χ3n) is 4.79. The van der Waals surface area contributed by atoms with Crippen molar-refractivity contribution >= 4 is 22.9 Å². The third-order valence-corrected chi connectivity index (χ3v) is 4.79. The molecule has 3 rings (SSSR count). The number of methoxy groups -OCH3 is 1. The fourth-order valence-corrected chi connectivity index (χ4v) is 3.06. The SMILES string of the molecule is COC(=O)Cc1c(C)c2ccc(OCC(=O)OCc3ccccc3)c(C)c2oc1=O. The van der Waals surface area contributed by atoms with Crippen molar-refractivity contribution in [1.29, 1.82) is 0 Å². The molecule has 0 amide bonds. The van der Waals surface area contributed by atoms with Gasteiger partial charge in [-0.25, -0.2) is 9.59 Å². The summed E-state index contributed by atoms with van der Waals surface area (Å²) >= 11 is 0. The standard InChI is InChI=1S/C23H22O7/c1-14-17-9-10-19(28-13-21(25)29-12-16-7-5-4-6-8-16)15(2)22(17)30-23(26)18(14)11-20(24)27-3/h4-10H,11-13H2,1-3H3. The summed E-state index contributed by atoms with van der Waals surface area (Å²) in [6.07, 6.45) is -0.162. The lowest BCUT2D eigenvalue weighted by atomic mass is 10.0. The Labute approximate surface area is 173 Å². The van der Waals surface area contributed by atoms with Gasteiger partial charge >= 0.3 is 17.6 Å². The highest BCUT2D eigenvalue weighted by Gasteiger charge is 2.18. The Hall–Kier alpha value is -3.61. The van der Waals surface area contributed by atoms with Crippen LogP contribution in [0.15, 0.2) is 51.7 Å². The number of aryl methyl sites for hydroxylation is 2. The Bertz CT molecular complexity index is 1130. The summed E-state index contributed by atoms with van der Waals surface area (Å²) in [5.74, 6) is -0.623. The van der Waals surface area contributed by atoms with Crippen LogP contribution in [0.3, 0.4) is 0 Å². The van der Waals surface area contributed by atoms with E-state index in [9.17, 15) is 14.4 Å². The lowest BCUT2D eigenvalue weighted by Crippen LogP contribution is -2.17. The lowest BCUT2D eigenvalue weighted by molar-refractivity contribution is -0.147. The average Bonchev–Trinajstić information content (AvgIpc) is 2.75. The molecule has 30 heavy (non-hydrogen) atoms. The normalized spacial score (nSPS) is 10.6. The molecule has 0 saturated heterocycles. The summed E-state index contributed by atoms with van der Waals surface area (Å²) in [5.41, 5.74) is 2.10. The van der Waals surface area contributed by atoms with Gasteiger partial charge in [-0.1, -0.05) is 30.3 Å². The molecule has 0 bridgehead atoms. The Morgan fingerprint density at radius 3 is 2.40 bits per heavy atom. The van der Waals surface area contributed by atoms with Gasteiger partial charge in [-0.3, -0.25) is 4.79 Å². The highest BCUT2D eigenvalue weighted by Crippen LogP contribution is 2.29. The minimum absolute atomic E-state index is 0.162. The summed E-state index contributed by atoms with van der Waals surface area (Å²) in [7, 11) is 1.26. The van der Waals surface area contributed by atoms with E-state index in [2.05, 4.69) is 4.74 Å². The Morgan fingerprint density at radius 1 is 0.967 bits per heavy atom. The maximum Gasteiger partial charge on any atom is 0.344 e. The number of esters is 2. The first-order valence-electron chi connectivity index (χ1n) is 9.35. The van der Waals surface area contributed by atoms with Crippen LogP contribution in [-0.4, -0.2) is 25.7 Å². The first kappa shape index (κ1) is 21.1. The summed E-state index contributed by atoms with van der Waals surface area (Å²) in [6.45, 7) is 3.37. The Balaban J connectivity index is 1.75. The number of fused-ring (bicyclic) bond motifs is 1. The number of carbonyl (C=O) groups is 2. The molecule has 3 aromatic rings. The van der Waals surface area contributed by atoms with Crippen molar-refractivity contribution in [3.63, 3.8) is 0 Å². The predicted octanol–water partition coefficient (Wildman–Crippen LogP) is 3.25. The topological polar surface area (TPSA) is 92.0 Å². The fourth-order valence-electron chi connectivity index (χ4n) is 3.06. The average molecular weight is 410 g/mol. The number of hydrogen-bond acceptors (Lipinski definition) is 7. The molecule has 0 unspecified atom stereocenters. The van der Waals surface area contributed by atoms with Crippen LogP contribution in [0.2, 0.25) is 0 Å². The van der Waals surface area contributed by atoms with Crippen LogP contribution in [0, 0.1) is 13.8 Å². The van der Waals surface area contributed by atoms with E-state index in [4.69, 9.17) is 13.9 Å². The molecule has 7 heteroatoms. The highest BCUT2D eigenvalue weighted by molar-refractivity contribution is 5.87. The van der Waals surface area contributed by atoms with E-state index in [1.807, 2.05) is 30.3 Å². The van der Waals surface area contributed by atoms with Crippen molar-refractivity contribution in [2.75, 3.05) is 13.7 Å². The molecule has 0 aliphatic heterocycles. The molecule has 0 fully saturated rings. The monoisotopic (exact) mass is 410 g/mol. The molecule has 0 spiro atoms. The first-order chi connectivity index (χ1) is 14.4. The molecule has 0 N–H and O–H groups in total. The second kappa shape index (κ2) is 9.26. The van der Waals surface area contributed by atoms with Gasteiger partial charge in [0.2, 0.25) is 0 Å². The minimum atomic E-state index is -0.604. The number of rotatable bonds is 7. The van der Waals surface area contributed by atoms with E-state index in [1.54, 1.807) is 26.0 Å². The van der Waals surface area contributed by atoms with Gasteiger partial charge in [0.25, 0.3) is 0 Å². The van der Waals surface area contributed by atoms with Crippen LogP contribution >= 0.6 is 0 Å². The van der Waals surface area contributed by atoms with E-state index in [-0.39, 0.29) is 25.2 Å². The van der Waals surface area contributed by atoms with E-state index < -0.39 is 17.6 Å². The zero-order valence-corrected chi connectivity index (χ0v) is 17.0. The van der Waals surface area contributed by atoms with E-state index in [0.717, 1.165) is 5.56 Å². The largest absolute Gasteiger partial charge is 0.481 e. The molecule has 1 aromatic heterocycles. The minimum Gasteiger partial charge on any atom is -0.481 e. The highest BCUT2D eigenvalue weighted by atomic mass is 16.6. The van der Waals surface area contributed by atoms with Crippen molar-refractivity contribution in [3.05, 3.63) is 75.1 Å². The molecule has 0 radical (unpaired) electrons. The van der Waals surface area contributed by atoms with Gasteiger partial charge in [0.15, 0.2) is 6.61 Å². The zero-order chi connectivity index (χ0) is 21.7. The molecule has 2 aromatic carbocycles. The maximum atomic E-state index is 12.4. The van der Waals surface area contributed by atoms with Crippen LogP contribution in [0.25, 0.3) is 11.0 Å². The molecule has 156 valence electrons. The first-order valence-corrected chi connectivity index (χ1v) is 9.35. The van der Waals surface area contributed by atoms with Crippen LogP contribution in [0.4, 0.5) is 0 Å². The molecule has 1 heterocycles. The molecule has 0 aliphatic rings. The summed E-state index contributed by atoms with van der Waals surface area (Å²) in [4.78, 5) is 35.9. The van der Waals surface area contributed by atoms with Crippen molar-refractivity contribution in [3.8, 4) is 5.75 Å². The van der Waals surface area contributed by atoms with Crippen molar-refractivity contribution in [2.45, 2.75) is 26.9 Å². The second-order valence-corrected chi connectivity index (χ2v) is 6.75. The van der Waals surface area contributed by atoms with Crippen molar-refractivity contribution < 1.29 is 28.2 Å². The van der Waals surface area contributed by atoms with Crippen molar-refractivity contribution in [1.82, 2.24) is 0 Å². The maximum absolute atomic E-state index is 12.4. The van der Waals surface area contributed by atoms with Gasteiger partial charge in [0, 0.05) is 10.9 Å². The van der Waals surface area contributed by atoms with Gasteiger partial charge in [-0.05, 0) is 37.1 Å². The smallest absolute Gasteiger partial charge is 0.344 e. The van der Waals surface area contributed by atoms with Crippen LogP contribution in [-0.2, 0) is 32.1 Å². The molecule has 0 aliphatic carbocycles. The number of ether oxygens (including phenoxy) is 3. The second-order valence-electron chi connectivity index (χ2n) is 6.75. The summed E-state index contributed by atoms with van der Waals surface area (Å²) < 4.78 is 20.9. The van der Waals surface area contributed by atoms with Crippen molar-refractivity contribution in [2.24, 2.45) is 0 Å². The Kier molecular flexibility index (Phi) is 6.51. The van der Waals surface area contributed by atoms with Crippen LogP contribution in [0.5, 0.6) is 5.75 Å². The summed E-state index contributed by atoms with van der Waals surface area (Å²) in [6, 6.07) is 12.8. The number of benzene rings is 2. The van der Waals surface area contributed by atoms with E-state index in [1.165, 1.54) is 7.11 Å². The molecule has 0 saturated carbocycles. The van der Waals surface area contributed by atoms with E-state index in [0.29, 0.717) is 27.8 Å². The number of hydrogen-bond donors (Lipinski definition) is 0. The molecular formula is C23H22O7.